The molecule has 2 N–H and O–H groups in total. The Morgan fingerprint density at radius 1 is 1.16 bits per heavy atom. The first-order valence-corrected chi connectivity index (χ1v) is 7.76. The van der Waals surface area contributed by atoms with Gasteiger partial charge in [-0.05, 0) is 49.0 Å². The Morgan fingerprint density at radius 2 is 1.84 bits per heavy atom. The second-order valence-electron chi connectivity index (χ2n) is 5.21. The van der Waals surface area contributed by atoms with Crippen molar-refractivity contribution in [2.45, 2.75) is 12.8 Å². The van der Waals surface area contributed by atoms with Crippen molar-refractivity contribution >= 4 is 12.0 Å². The van der Waals surface area contributed by atoms with Gasteiger partial charge in [-0.25, -0.2) is 4.39 Å². The van der Waals surface area contributed by atoms with E-state index in [1.807, 2.05) is 24.3 Å². The molecule has 0 spiro atoms. The summed E-state index contributed by atoms with van der Waals surface area (Å²) in [5.41, 5.74) is 1.64. The van der Waals surface area contributed by atoms with Crippen molar-refractivity contribution in [3.8, 4) is 5.75 Å². The smallest absolute Gasteiger partial charge is 0.146 e. The van der Waals surface area contributed by atoms with Crippen molar-refractivity contribution in [2.75, 3.05) is 19.5 Å². The SMILES string of the molecule is CN[C@@H](Nc1ccc(OC)cc1)/C(=C\C=O)OCc1ccc(F)cc1. The van der Waals surface area contributed by atoms with Gasteiger partial charge in [-0.2, -0.15) is 0 Å². The molecule has 2 rings (SSSR count). The molecule has 0 aromatic heterocycles. The third-order valence-corrected chi connectivity index (χ3v) is 3.53. The third-order valence-electron chi connectivity index (χ3n) is 3.53. The van der Waals surface area contributed by atoms with Crippen LogP contribution in [-0.2, 0) is 16.1 Å². The topological polar surface area (TPSA) is 59.6 Å². The number of hydrogen-bond acceptors (Lipinski definition) is 5. The molecule has 0 fully saturated rings. The first-order chi connectivity index (χ1) is 12.2. The van der Waals surface area contributed by atoms with E-state index in [9.17, 15) is 9.18 Å². The number of ether oxygens (including phenoxy) is 2. The number of methoxy groups -OCH3 is 1. The van der Waals surface area contributed by atoms with E-state index in [0.717, 1.165) is 17.0 Å². The molecule has 6 heteroatoms. The molecule has 1 atom stereocenters. The van der Waals surface area contributed by atoms with E-state index in [1.165, 1.54) is 18.2 Å². The van der Waals surface area contributed by atoms with Gasteiger partial charge in [0.05, 0.1) is 7.11 Å². The molecule has 25 heavy (non-hydrogen) atoms. The zero-order valence-electron chi connectivity index (χ0n) is 14.2. The summed E-state index contributed by atoms with van der Waals surface area (Å²) >= 11 is 0. The molecule has 0 aliphatic heterocycles. The Labute approximate surface area is 146 Å². The summed E-state index contributed by atoms with van der Waals surface area (Å²) in [5, 5.41) is 6.29. The highest BCUT2D eigenvalue weighted by molar-refractivity contribution is 5.66. The lowest BCUT2D eigenvalue weighted by molar-refractivity contribution is -0.104. The van der Waals surface area contributed by atoms with Crippen LogP contribution in [0, 0.1) is 5.82 Å². The summed E-state index contributed by atoms with van der Waals surface area (Å²) in [6.07, 6.45) is 1.61. The minimum absolute atomic E-state index is 0.225. The van der Waals surface area contributed by atoms with Gasteiger partial charge in [0.1, 0.15) is 36.4 Å². The first-order valence-electron chi connectivity index (χ1n) is 7.76. The van der Waals surface area contributed by atoms with Gasteiger partial charge >= 0.3 is 0 Å². The molecule has 0 bridgehead atoms. The molecule has 0 aliphatic carbocycles. The van der Waals surface area contributed by atoms with Gasteiger partial charge in [-0.3, -0.25) is 10.1 Å². The van der Waals surface area contributed by atoms with Crippen LogP contribution in [0.1, 0.15) is 5.56 Å². The fourth-order valence-corrected chi connectivity index (χ4v) is 2.18. The summed E-state index contributed by atoms with van der Waals surface area (Å²) in [6, 6.07) is 13.4. The highest BCUT2D eigenvalue weighted by Gasteiger charge is 2.14. The van der Waals surface area contributed by atoms with Crippen LogP contribution in [0.5, 0.6) is 5.75 Å². The number of aldehydes is 1. The molecule has 132 valence electrons. The number of nitrogens with one attached hydrogen (secondary N) is 2. The number of hydrogen-bond donors (Lipinski definition) is 2. The predicted octanol–water partition coefficient (Wildman–Crippen LogP) is 3.09. The second kappa shape index (κ2) is 9.44. The van der Waals surface area contributed by atoms with Crippen molar-refractivity contribution in [1.82, 2.24) is 5.32 Å². The Morgan fingerprint density at radius 3 is 2.40 bits per heavy atom. The van der Waals surface area contributed by atoms with Crippen LogP contribution < -0.4 is 15.4 Å². The summed E-state index contributed by atoms with van der Waals surface area (Å²) < 4.78 is 23.8. The normalized spacial score (nSPS) is 12.4. The zero-order valence-corrected chi connectivity index (χ0v) is 14.2. The van der Waals surface area contributed by atoms with Crippen molar-refractivity contribution in [3.63, 3.8) is 0 Å². The first kappa shape index (κ1) is 18.5. The minimum atomic E-state index is -0.404. The van der Waals surface area contributed by atoms with Crippen molar-refractivity contribution in [3.05, 3.63) is 71.7 Å². The lowest BCUT2D eigenvalue weighted by Gasteiger charge is -2.22. The van der Waals surface area contributed by atoms with Gasteiger partial charge in [-0.15, -0.1) is 0 Å². The zero-order chi connectivity index (χ0) is 18.1. The van der Waals surface area contributed by atoms with Gasteiger partial charge in [0, 0.05) is 11.8 Å². The molecule has 0 saturated carbocycles. The summed E-state index contributed by atoms with van der Waals surface area (Å²) in [6.45, 7) is 0.225. The van der Waals surface area contributed by atoms with Gasteiger partial charge in [0.25, 0.3) is 0 Å². The van der Waals surface area contributed by atoms with E-state index < -0.39 is 6.17 Å². The molecule has 0 radical (unpaired) electrons. The molecule has 0 saturated heterocycles. The fourth-order valence-electron chi connectivity index (χ4n) is 2.18. The highest BCUT2D eigenvalue weighted by atomic mass is 19.1. The second-order valence-corrected chi connectivity index (χ2v) is 5.21. The Balaban J connectivity index is 2.05. The van der Waals surface area contributed by atoms with E-state index in [-0.39, 0.29) is 12.4 Å². The van der Waals surface area contributed by atoms with Gasteiger partial charge < -0.3 is 14.8 Å². The molecule has 2 aromatic rings. The molecule has 0 amide bonds. The quantitative estimate of drug-likeness (QED) is 0.317. The summed E-state index contributed by atoms with van der Waals surface area (Å²) in [4.78, 5) is 10.9. The van der Waals surface area contributed by atoms with Gasteiger partial charge in [0.15, 0.2) is 0 Å². The largest absolute Gasteiger partial charge is 0.497 e. The maximum Gasteiger partial charge on any atom is 0.146 e. The van der Waals surface area contributed by atoms with Crippen LogP contribution in [0.2, 0.25) is 0 Å². The highest BCUT2D eigenvalue weighted by Crippen LogP contribution is 2.18. The van der Waals surface area contributed by atoms with E-state index in [2.05, 4.69) is 10.6 Å². The number of halogens is 1. The van der Waals surface area contributed by atoms with E-state index in [0.29, 0.717) is 12.0 Å². The third kappa shape index (κ3) is 5.61. The molecule has 0 unspecified atom stereocenters. The summed E-state index contributed by atoms with van der Waals surface area (Å²) in [5.74, 6) is 0.877. The predicted molar refractivity (Wildman–Crippen MR) is 94.8 cm³/mol. The van der Waals surface area contributed by atoms with Crippen molar-refractivity contribution < 1.29 is 18.7 Å². The molecule has 5 nitrogen and oxygen atoms in total. The maximum atomic E-state index is 13.0. The van der Waals surface area contributed by atoms with Gasteiger partial charge in [0.2, 0.25) is 0 Å². The maximum absolute atomic E-state index is 13.0. The van der Waals surface area contributed by atoms with Crippen LogP contribution in [0.25, 0.3) is 0 Å². The molecule has 0 heterocycles. The Kier molecular flexibility index (Phi) is 6.98. The van der Waals surface area contributed by atoms with Crippen LogP contribution in [0.15, 0.2) is 60.4 Å². The minimum Gasteiger partial charge on any atom is -0.497 e. The van der Waals surface area contributed by atoms with E-state index >= 15 is 0 Å². The number of carbonyl (C=O) groups is 1. The molecule has 2 aromatic carbocycles. The number of benzene rings is 2. The number of carbonyl (C=O) groups excluding carboxylic acids is 1. The van der Waals surface area contributed by atoms with E-state index in [1.54, 1.807) is 26.3 Å². The molecular formula is C19H21FN2O3. The van der Waals surface area contributed by atoms with Crippen molar-refractivity contribution in [1.29, 1.82) is 0 Å². The monoisotopic (exact) mass is 344 g/mol. The van der Waals surface area contributed by atoms with E-state index in [4.69, 9.17) is 9.47 Å². The molecular weight excluding hydrogens is 323 g/mol. The number of allylic oxidation sites excluding steroid dienone is 1. The standard InChI is InChI=1S/C19H21FN2O3/c1-21-19(22-16-7-9-17(24-2)10-8-16)18(11-12-23)25-13-14-3-5-15(20)6-4-14/h3-12,19,21-22H,13H2,1-2H3/b18-11+/t19-/m0/s1. The Bertz CT molecular complexity index is 700. The lowest BCUT2D eigenvalue weighted by Crippen LogP contribution is -2.36. The number of likely N-dealkylation sites (N-methyl/N-ethyl adjacent to an activating group) is 1. The van der Waals surface area contributed by atoms with Crippen LogP contribution in [0.4, 0.5) is 10.1 Å². The van der Waals surface area contributed by atoms with Crippen LogP contribution in [-0.4, -0.2) is 26.6 Å². The molecule has 0 aliphatic rings. The Hall–Kier alpha value is -2.86. The summed E-state index contributed by atoms with van der Waals surface area (Å²) in [7, 11) is 3.36. The number of rotatable bonds is 9. The fraction of sp³-hybridized carbons (Fsp3) is 0.211. The van der Waals surface area contributed by atoms with Crippen LogP contribution in [0.3, 0.4) is 0 Å². The van der Waals surface area contributed by atoms with Gasteiger partial charge in [-0.1, -0.05) is 12.1 Å². The average Bonchev–Trinajstić information content (AvgIpc) is 2.65. The average molecular weight is 344 g/mol. The number of anilines is 1. The van der Waals surface area contributed by atoms with Crippen LogP contribution >= 0.6 is 0 Å². The lowest BCUT2D eigenvalue weighted by atomic mass is 10.2. The van der Waals surface area contributed by atoms with Crippen molar-refractivity contribution in [2.24, 2.45) is 0 Å².